The zero-order valence-corrected chi connectivity index (χ0v) is 17.4. The van der Waals surface area contributed by atoms with Gasteiger partial charge in [0.2, 0.25) is 11.8 Å². The van der Waals surface area contributed by atoms with Crippen LogP contribution in [0.5, 0.6) is 0 Å². The zero-order valence-electron chi connectivity index (χ0n) is 17.4. The molecule has 2 N–H and O–H groups in total. The summed E-state index contributed by atoms with van der Waals surface area (Å²) >= 11 is 0. The molecule has 1 atom stereocenters. The number of anilines is 1. The van der Waals surface area contributed by atoms with Crippen molar-refractivity contribution >= 4 is 34.3 Å². The van der Waals surface area contributed by atoms with Crippen LogP contribution in [0.3, 0.4) is 0 Å². The van der Waals surface area contributed by atoms with E-state index in [-0.39, 0.29) is 23.3 Å². The molecule has 0 bridgehead atoms. The van der Waals surface area contributed by atoms with E-state index in [4.69, 9.17) is 0 Å². The second-order valence-electron chi connectivity index (χ2n) is 7.82. The van der Waals surface area contributed by atoms with E-state index in [1.54, 1.807) is 43.4 Å². The number of piperidine rings is 1. The Hall–Kier alpha value is -3.74. The van der Waals surface area contributed by atoms with Gasteiger partial charge in [0.15, 0.2) is 0 Å². The van der Waals surface area contributed by atoms with Gasteiger partial charge in [-0.2, -0.15) is 0 Å². The Bertz CT molecular complexity index is 1260. The summed E-state index contributed by atoms with van der Waals surface area (Å²) in [5, 5.41) is 5.96. The summed E-state index contributed by atoms with van der Waals surface area (Å²) in [5.41, 5.74) is 1.32. The molecule has 1 saturated heterocycles. The van der Waals surface area contributed by atoms with E-state index < -0.39 is 5.41 Å². The molecule has 0 spiro atoms. The Labute approximate surface area is 179 Å². The minimum absolute atomic E-state index is 0.251. The summed E-state index contributed by atoms with van der Waals surface area (Å²) in [6.07, 6.45) is 1.32. The van der Waals surface area contributed by atoms with Crippen molar-refractivity contribution in [3.8, 4) is 0 Å². The Morgan fingerprint density at radius 2 is 1.81 bits per heavy atom. The summed E-state index contributed by atoms with van der Waals surface area (Å²) in [6.45, 7) is 1.92. The minimum atomic E-state index is -0.752. The van der Waals surface area contributed by atoms with Gasteiger partial charge in [-0.3, -0.25) is 24.5 Å². The molecule has 158 valence electrons. The van der Waals surface area contributed by atoms with Crippen molar-refractivity contribution in [1.82, 2.24) is 9.88 Å². The number of aryl methyl sites for hydroxylation is 1. The van der Waals surface area contributed by atoms with Crippen LogP contribution in [-0.2, 0) is 22.1 Å². The molecule has 1 aliphatic heterocycles. The summed E-state index contributed by atoms with van der Waals surface area (Å²) in [5.74, 6) is -0.915. The van der Waals surface area contributed by atoms with Gasteiger partial charge in [-0.25, -0.2) is 0 Å². The van der Waals surface area contributed by atoms with Gasteiger partial charge in [0, 0.05) is 30.6 Å². The average molecular weight is 417 g/mol. The second kappa shape index (κ2) is 7.83. The standard InChI is InChI=1S/C24H23N3O4/c1-3-24(13-12-20(28)26-23(24)31)15-8-10-16(11-9-15)25-22(30)18-14-21(29)27(2)19-7-5-4-6-17(18)19/h4-11,14H,3,12-13H2,1-2H3,(H,25,30)(H,26,28,31). The molecular weight excluding hydrogens is 394 g/mol. The van der Waals surface area contributed by atoms with E-state index in [1.165, 1.54) is 10.6 Å². The highest BCUT2D eigenvalue weighted by molar-refractivity contribution is 6.12. The zero-order chi connectivity index (χ0) is 22.2. The number of amides is 3. The first-order valence-electron chi connectivity index (χ1n) is 10.2. The first-order valence-corrected chi connectivity index (χ1v) is 10.2. The third kappa shape index (κ3) is 3.52. The molecule has 7 heteroatoms. The van der Waals surface area contributed by atoms with Crippen molar-refractivity contribution in [3.05, 3.63) is 76.1 Å². The number of para-hydroxylation sites is 1. The molecule has 2 heterocycles. The van der Waals surface area contributed by atoms with Crippen molar-refractivity contribution in [2.45, 2.75) is 31.6 Å². The molecule has 4 rings (SSSR count). The van der Waals surface area contributed by atoms with Gasteiger partial charge in [-0.15, -0.1) is 0 Å². The van der Waals surface area contributed by atoms with Gasteiger partial charge >= 0.3 is 0 Å². The lowest BCUT2D eigenvalue weighted by atomic mass is 9.72. The summed E-state index contributed by atoms with van der Waals surface area (Å²) in [7, 11) is 1.67. The van der Waals surface area contributed by atoms with E-state index in [9.17, 15) is 19.2 Å². The number of nitrogens with one attached hydrogen (secondary N) is 2. The van der Waals surface area contributed by atoms with E-state index in [0.717, 1.165) is 5.56 Å². The van der Waals surface area contributed by atoms with Crippen LogP contribution in [0.1, 0.15) is 42.1 Å². The highest BCUT2D eigenvalue weighted by Gasteiger charge is 2.42. The number of carbonyl (C=O) groups is 3. The van der Waals surface area contributed by atoms with Crippen LogP contribution in [0.4, 0.5) is 5.69 Å². The average Bonchev–Trinajstić information content (AvgIpc) is 2.77. The molecule has 1 fully saturated rings. The maximum atomic E-state index is 12.9. The van der Waals surface area contributed by atoms with Crippen LogP contribution in [0.15, 0.2) is 59.4 Å². The smallest absolute Gasteiger partial charge is 0.256 e. The number of fused-ring (bicyclic) bond motifs is 1. The lowest BCUT2D eigenvalue weighted by Crippen LogP contribution is -2.51. The molecule has 3 aromatic rings. The number of rotatable bonds is 4. The van der Waals surface area contributed by atoms with Crippen LogP contribution < -0.4 is 16.2 Å². The minimum Gasteiger partial charge on any atom is -0.322 e. The maximum Gasteiger partial charge on any atom is 0.256 e. The van der Waals surface area contributed by atoms with Crippen LogP contribution in [0, 0.1) is 0 Å². The predicted octanol–water partition coefficient (Wildman–Crippen LogP) is 2.88. The van der Waals surface area contributed by atoms with Crippen molar-refractivity contribution in [2.75, 3.05) is 5.32 Å². The maximum absolute atomic E-state index is 12.9. The monoisotopic (exact) mass is 417 g/mol. The number of hydrogen-bond acceptors (Lipinski definition) is 4. The summed E-state index contributed by atoms with van der Waals surface area (Å²) in [4.78, 5) is 49.3. The molecular formula is C24H23N3O4. The lowest BCUT2D eigenvalue weighted by molar-refractivity contribution is -0.138. The molecule has 1 aliphatic rings. The molecule has 31 heavy (non-hydrogen) atoms. The van der Waals surface area contributed by atoms with Crippen molar-refractivity contribution < 1.29 is 14.4 Å². The fraction of sp³-hybridized carbons (Fsp3) is 0.250. The number of hydrogen-bond donors (Lipinski definition) is 2. The SMILES string of the molecule is CCC1(c2ccc(NC(=O)c3cc(=O)n(C)c4ccccc34)cc2)CCC(=O)NC1=O. The number of imide groups is 1. The molecule has 0 radical (unpaired) electrons. The van der Waals surface area contributed by atoms with Gasteiger partial charge in [-0.05, 0) is 36.6 Å². The fourth-order valence-corrected chi connectivity index (χ4v) is 4.24. The summed E-state index contributed by atoms with van der Waals surface area (Å²) in [6, 6.07) is 15.7. The van der Waals surface area contributed by atoms with Gasteiger partial charge in [-0.1, -0.05) is 37.3 Å². The number of aromatic nitrogens is 1. The quantitative estimate of drug-likeness (QED) is 0.638. The fourth-order valence-electron chi connectivity index (χ4n) is 4.24. The Morgan fingerprint density at radius 1 is 1.10 bits per heavy atom. The van der Waals surface area contributed by atoms with Crippen molar-refractivity contribution in [2.24, 2.45) is 7.05 Å². The van der Waals surface area contributed by atoms with E-state index in [1.807, 2.05) is 19.1 Å². The van der Waals surface area contributed by atoms with Crippen molar-refractivity contribution in [3.63, 3.8) is 0 Å². The van der Waals surface area contributed by atoms with Crippen LogP contribution in [0.2, 0.25) is 0 Å². The Kier molecular flexibility index (Phi) is 5.19. The van der Waals surface area contributed by atoms with Gasteiger partial charge in [0.1, 0.15) is 0 Å². The lowest BCUT2D eigenvalue weighted by Gasteiger charge is -2.35. The summed E-state index contributed by atoms with van der Waals surface area (Å²) < 4.78 is 1.51. The third-order valence-corrected chi connectivity index (χ3v) is 6.16. The third-order valence-electron chi connectivity index (χ3n) is 6.16. The first kappa shape index (κ1) is 20.5. The highest BCUT2D eigenvalue weighted by atomic mass is 16.2. The van der Waals surface area contributed by atoms with Gasteiger partial charge in [0.25, 0.3) is 11.5 Å². The number of pyridine rings is 1. The van der Waals surface area contributed by atoms with E-state index >= 15 is 0 Å². The Morgan fingerprint density at radius 3 is 2.48 bits per heavy atom. The molecule has 1 aromatic heterocycles. The number of benzene rings is 2. The number of nitrogens with zero attached hydrogens (tertiary/aromatic N) is 1. The van der Waals surface area contributed by atoms with Gasteiger partial charge in [0.05, 0.1) is 16.5 Å². The van der Waals surface area contributed by atoms with Crippen LogP contribution in [-0.4, -0.2) is 22.3 Å². The van der Waals surface area contributed by atoms with Crippen molar-refractivity contribution in [1.29, 1.82) is 0 Å². The van der Waals surface area contributed by atoms with Crippen LogP contribution in [0.25, 0.3) is 10.9 Å². The molecule has 1 unspecified atom stereocenters. The molecule has 3 amide bonds. The normalized spacial score (nSPS) is 18.6. The van der Waals surface area contributed by atoms with E-state index in [0.29, 0.717) is 41.4 Å². The van der Waals surface area contributed by atoms with E-state index in [2.05, 4.69) is 10.6 Å². The van der Waals surface area contributed by atoms with Crippen LogP contribution >= 0.6 is 0 Å². The second-order valence-corrected chi connectivity index (χ2v) is 7.82. The molecule has 0 aliphatic carbocycles. The molecule has 7 nitrogen and oxygen atoms in total. The van der Waals surface area contributed by atoms with Gasteiger partial charge < -0.3 is 9.88 Å². The Balaban J connectivity index is 1.62. The molecule has 0 saturated carbocycles. The predicted molar refractivity (Wildman–Crippen MR) is 118 cm³/mol. The first-order chi connectivity index (χ1) is 14.9. The number of carbonyl (C=O) groups excluding carboxylic acids is 3. The highest BCUT2D eigenvalue weighted by Crippen LogP contribution is 2.36. The largest absolute Gasteiger partial charge is 0.322 e. The molecule has 2 aromatic carbocycles. The topological polar surface area (TPSA) is 97.3 Å².